The van der Waals surface area contributed by atoms with Crippen molar-refractivity contribution in [3.05, 3.63) is 81.1 Å². The predicted octanol–water partition coefficient (Wildman–Crippen LogP) is 4.48. The van der Waals surface area contributed by atoms with Gasteiger partial charge in [0.25, 0.3) is 0 Å². The van der Waals surface area contributed by atoms with Gasteiger partial charge in [-0.1, -0.05) is 30.3 Å². The normalized spacial score (nSPS) is 18.4. The topological polar surface area (TPSA) is 40.5 Å². The van der Waals surface area contributed by atoms with Crippen molar-refractivity contribution in [1.82, 2.24) is 15.2 Å². The van der Waals surface area contributed by atoms with Gasteiger partial charge in [0.15, 0.2) is 5.84 Å². The Bertz CT molecular complexity index is 1070. The summed E-state index contributed by atoms with van der Waals surface area (Å²) in [6, 6.07) is 15.6. The van der Waals surface area contributed by atoms with E-state index in [1.807, 2.05) is 12.1 Å². The molecule has 0 bridgehead atoms. The third-order valence-electron chi connectivity index (χ3n) is 5.83. The first-order valence-corrected chi connectivity index (χ1v) is 11.3. The third kappa shape index (κ3) is 4.02. The number of halogens is 1. The average molecular weight is 421 g/mol. The summed E-state index contributed by atoms with van der Waals surface area (Å²) >= 11 is 1.78. The molecule has 2 aliphatic rings. The monoisotopic (exact) mass is 420 g/mol. The summed E-state index contributed by atoms with van der Waals surface area (Å²) in [5.41, 5.74) is 4.54. The molecule has 6 heteroatoms. The number of piperazine rings is 1. The van der Waals surface area contributed by atoms with Crippen molar-refractivity contribution in [3.63, 3.8) is 0 Å². The minimum Gasteiger partial charge on any atom is -0.352 e. The van der Waals surface area contributed by atoms with Crippen molar-refractivity contribution in [3.8, 4) is 0 Å². The highest BCUT2D eigenvalue weighted by atomic mass is 32.1. The van der Waals surface area contributed by atoms with Crippen molar-refractivity contribution in [1.29, 1.82) is 0 Å². The Balaban J connectivity index is 1.38. The Labute approximate surface area is 180 Å². The molecule has 0 radical (unpaired) electrons. The average Bonchev–Trinajstić information content (AvgIpc) is 3.05. The zero-order valence-electron chi connectivity index (χ0n) is 17.1. The predicted molar refractivity (Wildman–Crippen MR) is 120 cm³/mol. The van der Waals surface area contributed by atoms with Gasteiger partial charge in [-0.05, 0) is 49.1 Å². The van der Waals surface area contributed by atoms with Gasteiger partial charge in [0.2, 0.25) is 0 Å². The van der Waals surface area contributed by atoms with E-state index >= 15 is 0 Å². The van der Waals surface area contributed by atoms with Gasteiger partial charge >= 0.3 is 0 Å². The lowest BCUT2D eigenvalue weighted by Crippen LogP contribution is -2.53. The second-order valence-corrected chi connectivity index (χ2v) is 9.30. The molecule has 5 rings (SSSR count). The molecule has 0 saturated carbocycles. The molecule has 1 saturated heterocycles. The molecule has 30 heavy (non-hydrogen) atoms. The van der Waals surface area contributed by atoms with Gasteiger partial charge in [0.1, 0.15) is 11.5 Å². The standard InChI is InChI=1S/C24H25FN4S/c1-16-27-23-22(30-16)14-18-4-2-3-5-21(18)28-24(23)29-13-12-26-20(15-29)11-8-17-6-9-19(25)10-7-17/h2-7,9-10,20,26H,8,11-15H2,1H3. The zero-order valence-corrected chi connectivity index (χ0v) is 17.9. The van der Waals surface area contributed by atoms with E-state index in [-0.39, 0.29) is 5.82 Å². The van der Waals surface area contributed by atoms with Crippen LogP contribution in [0, 0.1) is 12.7 Å². The molecule has 1 N–H and O–H groups in total. The van der Waals surface area contributed by atoms with Crippen LogP contribution in [0.5, 0.6) is 0 Å². The maximum Gasteiger partial charge on any atom is 0.156 e. The fourth-order valence-corrected chi connectivity index (χ4v) is 5.25. The van der Waals surface area contributed by atoms with Crippen LogP contribution in [0.4, 0.5) is 10.1 Å². The molecule has 1 aromatic heterocycles. The van der Waals surface area contributed by atoms with Crippen LogP contribution in [-0.2, 0) is 12.8 Å². The molecule has 0 amide bonds. The number of aliphatic imine (C=N–C) groups is 1. The molecule has 3 heterocycles. The number of nitrogens with one attached hydrogen (secondary N) is 1. The Morgan fingerprint density at radius 2 is 2.00 bits per heavy atom. The Kier molecular flexibility index (Phi) is 5.35. The number of amidine groups is 1. The van der Waals surface area contributed by atoms with Crippen molar-refractivity contribution >= 4 is 22.9 Å². The molecule has 1 fully saturated rings. The molecular formula is C24H25FN4S. The van der Waals surface area contributed by atoms with E-state index in [0.29, 0.717) is 6.04 Å². The van der Waals surface area contributed by atoms with Crippen LogP contribution < -0.4 is 5.32 Å². The molecule has 2 aliphatic heterocycles. The van der Waals surface area contributed by atoms with Crippen LogP contribution in [0.25, 0.3) is 0 Å². The van der Waals surface area contributed by atoms with E-state index in [9.17, 15) is 4.39 Å². The second kappa shape index (κ2) is 8.28. The first kappa shape index (κ1) is 19.4. The number of fused-ring (bicyclic) bond motifs is 2. The van der Waals surface area contributed by atoms with E-state index in [2.05, 4.69) is 41.4 Å². The van der Waals surface area contributed by atoms with Crippen LogP contribution in [0.15, 0.2) is 53.5 Å². The number of aromatic nitrogens is 1. The van der Waals surface area contributed by atoms with E-state index in [1.165, 1.54) is 16.0 Å². The number of aryl methyl sites for hydroxylation is 2. The molecule has 154 valence electrons. The van der Waals surface area contributed by atoms with Crippen molar-refractivity contribution in [2.24, 2.45) is 4.99 Å². The lowest BCUT2D eigenvalue weighted by molar-refractivity contribution is 0.282. The number of nitrogens with zero attached hydrogens (tertiary/aromatic N) is 3. The molecule has 2 aromatic carbocycles. The fourth-order valence-electron chi connectivity index (χ4n) is 4.30. The lowest BCUT2D eigenvalue weighted by Gasteiger charge is -2.35. The van der Waals surface area contributed by atoms with E-state index in [0.717, 1.165) is 61.1 Å². The molecule has 1 atom stereocenters. The maximum absolute atomic E-state index is 13.2. The van der Waals surface area contributed by atoms with Crippen molar-refractivity contribution in [2.45, 2.75) is 32.2 Å². The fraction of sp³-hybridized carbons (Fsp3) is 0.333. The molecule has 3 aromatic rings. The van der Waals surface area contributed by atoms with Gasteiger partial charge in [-0.2, -0.15) is 0 Å². The van der Waals surface area contributed by atoms with Gasteiger partial charge < -0.3 is 10.2 Å². The number of hydrogen-bond acceptors (Lipinski definition) is 5. The van der Waals surface area contributed by atoms with Crippen LogP contribution >= 0.6 is 11.3 Å². The number of para-hydroxylation sites is 1. The molecular weight excluding hydrogens is 395 g/mol. The van der Waals surface area contributed by atoms with Crippen LogP contribution in [-0.4, -0.2) is 41.4 Å². The summed E-state index contributed by atoms with van der Waals surface area (Å²) in [5.74, 6) is 0.828. The largest absolute Gasteiger partial charge is 0.352 e. The highest BCUT2D eigenvalue weighted by Crippen LogP contribution is 2.32. The zero-order chi connectivity index (χ0) is 20.5. The van der Waals surface area contributed by atoms with Crippen LogP contribution in [0.2, 0.25) is 0 Å². The number of benzene rings is 2. The molecule has 1 unspecified atom stereocenters. The summed E-state index contributed by atoms with van der Waals surface area (Å²) in [4.78, 5) is 13.7. The maximum atomic E-state index is 13.2. The van der Waals surface area contributed by atoms with Gasteiger partial charge in [-0.15, -0.1) is 11.3 Å². The van der Waals surface area contributed by atoms with E-state index in [4.69, 9.17) is 9.98 Å². The molecule has 4 nitrogen and oxygen atoms in total. The number of rotatable bonds is 3. The highest BCUT2D eigenvalue weighted by Gasteiger charge is 2.28. The van der Waals surface area contributed by atoms with Crippen molar-refractivity contribution in [2.75, 3.05) is 19.6 Å². The quantitative estimate of drug-likeness (QED) is 0.679. The smallest absolute Gasteiger partial charge is 0.156 e. The molecule has 0 aliphatic carbocycles. The van der Waals surface area contributed by atoms with Crippen LogP contribution in [0.3, 0.4) is 0 Å². The SMILES string of the molecule is Cc1nc2c(s1)Cc1ccccc1N=C2N1CCNC(CCc2ccc(F)cc2)C1. The minimum absolute atomic E-state index is 0.179. The highest BCUT2D eigenvalue weighted by molar-refractivity contribution is 7.11. The first-order chi connectivity index (χ1) is 14.7. The molecule has 0 spiro atoms. The minimum atomic E-state index is -0.179. The van der Waals surface area contributed by atoms with Gasteiger partial charge in [-0.3, -0.25) is 0 Å². The van der Waals surface area contributed by atoms with Gasteiger partial charge in [0, 0.05) is 37.0 Å². The van der Waals surface area contributed by atoms with Crippen molar-refractivity contribution < 1.29 is 4.39 Å². The van der Waals surface area contributed by atoms with Crippen LogP contribution in [0.1, 0.15) is 33.1 Å². The first-order valence-electron chi connectivity index (χ1n) is 10.5. The summed E-state index contributed by atoms with van der Waals surface area (Å²) in [7, 11) is 0. The Morgan fingerprint density at radius 3 is 2.87 bits per heavy atom. The van der Waals surface area contributed by atoms with E-state index in [1.54, 1.807) is 23.5 Å². The lowest BCUT2D eigenvalue weighted by atomic mass is 10.0. The van der Waals surface area contributed by atoms with Gasteiger partial charge in [0.05, 0.1) is 10.7 Å². The number of thiazole rings is 1. The third-order valence-corrected chi connectivity index (χ3v) is 6.81. The summed E-state index contributed by atoms with van der Waals surface area (Å²) in [6.45, 7) is 4.82. The summed E-state index contributed by atoms with van der Waals surface area (Å²) in [6.07, 6.45) is 2.83. The van der Waals surface area contributed by atoms with Gasteiger partial charge in [-0.25, -0.2) is 14.4 Å². The second-order valence-electron chi connectivity index (χ2n) is 8.01. The summed E-state index contributed by atoms with van der Waals surface area (Å²) in [5, 5.41) is 4.74. The Hall–Kier alpha value is -2.57. The van der Waals surface area contributed by atoms with E-state index < -0.39 is 0 Å². The Morgan fingerprint density at radius 1 is 1.17 bits per heavy atom. The number of hydrogen-bond donors (Lipinski definition) is 1. The summed E-state index contributed by atoms with van der Waals surface area (Å²) < 4.78 is 13.2.